The van der Waals surface area contributed by atoms with E-state index in [4.69, 9.17) is 5.73 Å². The molecule has 0 atom stereocenters. The first-order valence-corrected chi connectivity index (χ1v) is 7.19. The van der Waals surface area contributed by atoms with Gasteiger partial charge in [-0.25, -0.2) is 9.67 Å². The molecule has 0 spiro atoms. The molecule has 3 rings (SSSR count). The van der Waals surface area contributed by atoms with Crippen molar-refractivity contribution >= 4 is 11.8 Å². The molecule has 3 N–H and O–H groups in total. The number of nitrogens with two attached hydrogens (primary N) is 1. The maximum absolute atomic E-state index is 13.6. The second kappa shape index (κ2) is 5.76. The van der Waals surface area contributed by atoms with Crippen LogP contribution in [0.15, 0.2) is 18.6 Å². The SMILES string of the molecule is CNc1nc(N)nc(-c2cn(-c3cnn(C)c3)nc2C)c1C(F)(F)F. The molecule has 132 valence electrons. The molecule has 0 saturated carbocycles. The molecule has 3 aromatic heterocycles. The number of hydrogen-bond donors (Lipinski definition) is 2. The summed E-state index contributed by atoms with van der Waals surface area (Å²) < 4.78 is 43.7. The normalized spacial score (nSPS) is 11.8. The number of aromatic nitrogens is 6. The number of anilines is 2. The summed E-state index contributed by atoms with van der Waals surface area (Å²) in [5.41, 5.74) is 5.47. The lowest BCUT2D eigenvalue weighted by Crippen LogP contribution is -2.15. The Hall–Kier alpha value is -3.11. The Bertz CT molecular complexity index is 925. The van der Waals surface area contributed by atoms with Crippen molar-refractivity contribution in [3.8, 4) is 16.9 Å². The predicted molar refractivity (Wildman–Crippen MR) is 85.1 cm³/mol. The van der Waals surface area contributed by atoms with Crippen molar-refractivity contribution in [1.29, 1.82) is 0 Å². The third-order valence-electron chi connectivity index (χ3n) is 3.56. The third-order valence-corrected chi connectivity index (χ3v) is 3.56. The van der Waals surface area contributed by atoms with E-state index in [2.05, 4.69) is 25.5 Å². The Kier molecular flexibility index (Phi) is 3.85. The lowest BCUT2D eigenvalue weighted by molar-refractivity contribution is -0.136. The summed E-state index contributed by atoms with van der Waals surface area (Å²) in [6, 6.07) is 0. The fourth-order valence-electron chi connectivity index (χ4n) is 2.47. The highest BCUT2D eigenvalue weighted by Crippen LogP contribution is 2.41. The fourth-order valence-corrected chi connectivity index (χ4v) is 2.47. The Morgan fingerprint density at radius 1 is 1.20 bits per heavy atom. The maximum atomic E-state index is 13.6. The second-order valence-corrected chi connectivity index (χ2v) is 5.35. The first-order valence-electron chi connectivity index (χ1n) is 7.19. The molecule has 0 aliphatic carbocycles. The van der Waals surface area contributed by atoms with Gasteiger partial charge in [-0.2, -0.15) is 28.4 Å². The van der Waals surface area contributed by atoms with E-state index < -0.39 is 11.7 Å². The molecule has 0 unspecified atom stereocenters. The lowest BCUT2D eigenvalue weighted by Gasteiger charge is -2.15. The lowest BCUT2D eigenvalue weighted by atomic mass is 10.1. The fraction of sp³-hybridized carbons (Fsp3) is 0.286. The number of nitrogen functional groups attached to an aromatic ring is 1. The van der Waals surface area contributed by atoms with E-state index in [1.807, 2.05) is 0 Å². The summed E-state index contributed by atoms with van der Waals surface area (Å²) >= 11 is 0. The van der Waals surface area contributed by atoms with Crippen molar-refractivity contribution in [3.63, 3.8) is 0 Å². The second-order valence-electron chi connectivity index (χ2n) is 5.35. The summed E-state index contributed by atoms with van der Waals surface area (Å²) in [7, 11) is 3.07. The molecule has 0 aromatic carbocycles. The molecule has 8 nitrogen and oxygen atoms in total. The highest BCUT2D eigenvalue weighted by Gasteiger charge is 2.39. The van der Waals surface area contributed by atoms with Crippen LogP contribution in [-0.4, -0.2) is 36.6 Å². The molecule has 11 heteroatoms. The number of rotatable bonds is 3. The standard InChI is InChI=1S/C14H15F3N8/c1-7-9(6-25(23-7)8-4-20-24(3)5-8)11-10(14(15,16)17)12(19-2)22-13(18)21-11/h4-6H,1-3H3,(H3,18,19,21,22). The molecule has 0 aliphatic heterocycles. The summed E-state index contributed by atoms with van der Waals surface area (Å²) in [6.07, 6.45) is 0.0372. The molecule has 3 aromatic rings. The first kappa shape index (κ1) is 16.7. The highest BCUT2D eigenvalue weighted by atomic mass is 19.4. The van der Waals surface area contributed by atoms with Crippen LogP contribution in [0.25, 0.3) is 16.9 Å². The largest absolute Gasteiger partial charge is 0.422 e. The van der Waals surface area contributed by atoms with E-state index in [1.165, 1.54) is 17.9 Å². The molecule has 25 heavy (non-hydrogen) atoms. The molecule has 0 fully saturated rings. The number of aryl methyl sites for hydroxylation is 2. The zero-order valence-corrected chi connectivity index (χ0v) is 13.6. The van der Waals surface area contributed by atoms with Crippen LogP contribution in [0.5, 0.6) is 0 Å². The van der Waals surface area contributed by atoms with Crippen LogP contribution in [0, 0.1) is 6.92 Å². The van der Waals surface area contributed by atoms with E-state index in [9.17, 15) is 13.2 Å². The number of halogens is 3. The van der Waals surface area contributed by atoms with Crippen molar-refractivity contribution in [2.45, 2.75) is 13.1 Å². The van der Waals surface area contributed by atoms with Crippen LogP contribution in [-0.2, 0) is 13.2 Å². The van der Waals surface area contributed by atoms with Gasteiger partial charge < -0.3 is 11.1 Å². The monoisotopic (exact) mass is 352 g/mol. The smallest absolute Gasteiger partial charge is 0.372 e. The Morgan fingerprint density at radius 2 is 1.92 bits per heavy atom. The van der Waals surface area contributed by atoms with E-state index in [1.54, 1.807) is 31.0 Å². The molecule has 0 saturated heterocycles. The minimum atomic E-state index is -4.66. The number of nitrogens with one attached hydrogen (secondary N) is 1. The summed E-state index contributed by atoms with van der Waals surface area (Å²) in [6.45, 7) is 1.60. The minimum Gasteiger partial charge on any atom is -0.372 e. The van der Waals surface area contributed by atoms with E-state index in [0.717, 1.165) is 0 Å². The highest BCUT2D eigenvalue weighted by molar-refractivity contribution is 5.72. The molecular weight excluding hydrogens is 337 g/mol. The van der Waals surface area contributed by atoms with Crippen molar-refractivity contribution in [1.82, 2.24) is 29.5 Å². The van der Waals surface area contributed by atoms with Crippen molar-refractivity contribution in [2.75, 3.05) is 18.1 Å². The van der Waals surface area contributed by atoms with Gasteiger partial charge in [-0.15, -0.1) is 0 Å². The van der Waals surface area contributed by atoms with Gasteiger partial charge in [0.05, 0.1) is 23.8 Å². The topological polar surface area (TPSA) is 99.5 Å². The summed E-state index contributed by atoms with van der Waals surface area (Å²) in [5.74, 6) is -0.649. The average Bonchev–Trinajstić information content (AvgIpc) is 3.10. The van der Waals surface area contributed by atoms with Gasteiger partial charge in [0, 0.05) is 25.9 Å². The van der Waals surface area contributed by atoms with Gasteiger partial charge in [0.15, 0.2) is 0 Å². The molecule has 0 amide bonds. The zero-order chi connectivity index (χ0) is 18.4. The van der Waals surface area contributed by atoms with E-state index in [-0.39, 0.29) is 23.0 Å². The minimum absolute atomic E-state index is 0.210. The van der Waals surface area contributed by atoms with E-state index >= 15 is 0 Å². The summed E-state index contributed by atoms with van der Waals surface area (Å²) in [4.78, 5) is 7.46. The van der Waals surface area contributed by atoms with Crippen LogP contribution in [0.4, 0.5) is 24.9 Å². The van der Waals surface area contributed by atoms with Crippen LogP contribution in [0.1, 0.15) is 11.3 Å². The molecule has 0 aliphatic rings. The van der Waals surface area contributed by atoms with Gasteiger partial charge in [-0.3, -0.25) is 4.68 Å². The maximum Gasteiger partial charge on any atom is 0.422 e. The van der Waals surface area contributed by atoms with Gasteiger partial charge >= 0.3 is 6.18 Å². The van der Waals surface area contributed by atoms with Gasteiger partial charge in [0.2, 0.25) is 5.95 Å². The number of hydrogen-bond acceptors (Lipinski definition) is 6. The Morgan fingerprint density at radius 3 is 2.48 bits per heavy atom. The Balaban J connectivity index is 2.23. The van der Waals surface area contributed by atoms with Crippen molar-refractivity contribution in [2.24, 2.45) is 7.05 Å². The quantitative estimate of drug-likeness (QED) is 0.748. The van der Waals surface area contributed by atoms with Gasteiger partial charge in [-0.1, -0.05) is 0 Å². The van der Waals surface area contributed by atoms with Crippen LogP contribution in [0.3, 0.4) is 0 Å². The van der Waals surface area contributed by atoms with Crippen molar-refractivity contribution < 1.29 is 13.2 Å². The van der Waals surface area contributed by atoms with Crippen LogP contribution < -0.4 is 11.1 Å². The van der Waals surface area contributed by atoms with Gasteiger partial charge in [0.25, 0.3) is 0 Å². The molecule has 3 heterocycles. The number of alkyl halides is 3. The third kappa shape index (κ3) is 2.99. The predicted octanol–water partition coefficient (Wildman–Crippen LogP) is 2.01. The van der Waals surface area contributed by atoms with Gasteiger partial charge in [0.1, 0.15) is 17.1 Å². The van der Waals surface area contributed by atoms with Crippen LogP contribution >= 0.6 is 0 Å². The Labute approximate surface area is 140 Å². The van der Waals surface area contributed by atoms with Gasteiger partial charge in [-0.05, 0) is 6.92 Å². The average molecular weight is 352 g/mol. The summed E-state index contributed by atoms with van der Waals surface area (Å²) in [5, 5.41) is 10.7. The van der Waals surface area contributed by atoms with Crippen molar-refractivity contribution in [3.05, 3.63) is 29.8 Å². The van der Waals surface area contributed by atoms with E-state index in [0.29, 0.717) is 11.4 Å². The molecular formula is C14H15F3N8. The molecule has 0 radical (unpaired) electrons. The first-order chi connectivity index (χ1) is 11.7. The zero-order valence-electron chi connectivity index (χ0n) is 13.6. The van der Waals surface area contributed by atoms with Crippen LogP contribution in [0.2, 0.25) is 0 Å². The number of nitrogens with zero attached hydrogens (tertiary/aromatic N) is 6. The molecule has 0 bridgehead atoms.